The van der Waals surface area contributed by atoms with Gasteiger partial charge in [-0.2, -0.15) is 8.78 Å². The number of carbonyl (C=O) groups is 2. The molecule has 0 saturated carbocycles. The van der Waals surface area contributed by atoms with Crippen molar-refractivity contribution in [2.75, 3.05) is 5.32 Å². The summed E-state index contributed by atoms with van der Waals surface area (Å²) in [7, 11) is 0. The van der Waals surface area contributed by atoms with Crippen LogP contribution in [0.3, 0.4) is 0 Å². The number of nitrogens with one attached hydrogen (secondary N) is 2. The van der Waals surface area contributed by atoms with Crippen molar-refractivity contribution in [1.29, 1.82) is 0 Å². The quantitative estimate of drug-likeness (QED) is 0.276. The molecule has 0 radical (unpaired) electrons. The second-order valence-electron chi connectivity index (χ2n) is 7.24. The number of benzene rings is 3. The van der Waals surface area contributed by atoms with Crippen LogP contribution < -0.4 is 15.4 Å². The fraction of sp³-hybridized carbons (Fsp3) is 0.130. The van der Waals surface area contributed by atoms with E-state index in [2.05, 4.69) is 15.4 Å². The summed E-state index contributed by atoms with van der Waals surface area (Å²) in [5, 5.41) is 13.4. The van der Waals surface area contributed by atoms with Crippen molar-refractivity contribution in [3.8, 4) is 16.9 Å². The van der Waals surface area contributed by atoms with E-state index in [0.29, 0.717) is 5.56 Å². The Labute approximate surface area is 210 Å². The number of carboxylic acid groups (broad SMARTS) is 1. The molecule has 0 atom stereocenters. The highest BCUT2D eigenvalue weighted by molar-refractivity contribution is 6.40. The van der Waals surface area contributed by atoms with E-state index in [-0.39, 0.29) is 33.4 Å². The van der Waals surface area contributed by atoms with Crippen LogP contribution in [-0.4, -0.2) is 23.5 Å². The number of hydrogen-bond acceptors (Lipinski definition) is 3. The van der Waals surface area contributed by atoms with Gasteiger partial charge in [-0.25, -0.2) is 9.59 Å². The third-order valence-corrected chi connectivity index (χ3v) is 5.32. The Balaban J connectivity index is 1.70. The molecule has 13 heteroatoms. The minimum absolute atomic E-state index is 0.0160. The molecule has 0 aliphatic heterocycles. The molecular weight excluding hydrogens is 534 g/mol. The van der Waals surface area contributed by atoms with Crippen molar-refractivity contribution in [3.05, 3.63) is 81.8 Å². The smallest absolute Gasteiger partial charge is 0.477 e. The van der Waals surface area contributed by atoms with Crippen LogP contribution in [0, 0.1) is 0 Å². The summed E-state index contributed by atoms with van der Waals surface area (Å²) in [5.41, 5.74) is -0.144. The number of alkyl halides is 5. The number of urea groups is 1. The van der Waals surface area contributed by atoms with E-state index < -0.39 is 35.6 Å². The lowest BCUT2D eigenvalue weighted by molar-refractivity contribution is -0.274. The third-order valence-electron chi connectivity index (χ3n) is 4.72. The number of amides is 2. The lowest BCUT2D eigenvalue weighted by Gasteiger charge is -2.16. The second kappa shape index (κ2) is 10.6. The molecule has 0 spiro atoms. The molecular formula is C23H15Cl2F5N2O4. The molecule has 6 nitrogen and oxygen atoms in total. The van der Waals surface area contributed by atoms with Gasteiger partial charge in [0.15, 0.2) is 0 Å². The largest absolute Gasteiger partial charge is 0.573 e. The predicted octanol–water partition coefficient (Wildman–Crippen LogP) is 7.06. The van der Waals surface area contributed by atoms with Crippen molar-refractivity contribution in [2.24, 2.45) is 0 Å². The highest BCUT2D eigenvalue weighted by atomic mass is 35.5. The Morgan fingerprint density at radius 3 is 2.06 bits per heavy atom. The van der Waals surface area contributed by atoms with Gasteiger partial charge in [0.1, 0.15) is 5.75 Å². The minimum atomic E-state index is -4.94. The molecule has 0 aromatic heterocycles. The van der Waals surface area contributed by atoms with Crippen molar-refractivity contribution in [1.82, 2.24) is 5.32 Å². The Morgan fingerprint density at radius 2 is 1.50 bits per heavy atom. The molecule has 0 aliphatic rings. The Morgan fingerprint density at radius 1 is 0.917 bits per heavy atom. The van der Waals surface area contributed by atoms with E-state index in [1.54, 1.807) is 0 Å². The molecule has 36 heavy (non-hydrogen) atoms. The Hall–Kier alpha value is -3.57. The molecule has 2 amide bonds. The first-order valence-electron chi connectivity index (χ1n) is 9.87. The zero-order valence-electron chi connectivity index (χ0n) is 17.8. The summed E-state index contributed by atoms with van der Waals surface area (Å²) in [6.45, 7) is -0.0908. The topological polar surface area (TPSA) is 87.7 Å². The summed E-state index contributed by atoms with van der Waals surface area (Å²) in [5.74, 6) is -6.85. The van der Waals surface area contributed by atoms with Crippen LogP contribution >= 0.6 is 23.2 Å². The Kier molecular flexibility index (Phi) is 7.95. The molecule has 3 rings (SSSR count). The van der Waals surface area contributed by atoms with Crippen molar-refractivity contribution in [2.45, 2.75) is 18.8 Å². The first kappa shape index (κ1) is 27.0. The summed E-state index contributed by atoms with van der Waals surface area (Å²) >= 11 is 12.5. The van der Waals surface area contributed by atoms with E-state index in [0.717, 1.165) is 18.2 Å². The predicted molar refractivity (Wildman–Crippen MR) is 122 cm³/mol. The van der Waals surface area contributed by atoms with Crippen LogP contribution in [-0.2, 0) is 17.3 Å². The van der Waals surface area contributed by atoms with E-state index >= 15 is 0 Å². The van der Waals surface area contributed by atoms with Crippen molar-refractivity contribution >= 4 is 40.9 Å². The minimum Gasteiger partial charge on any atom is -0.477 e. The zero-order chi connectivity index (χ0) is 26.7. The maximum Gasteiger partial charge on any atom is 0.573 e. The third kappa shape index (κ3) is 6.55. The molecule has 3 N–H and O–H groups in total. The van der Waals surface area contributed by atoms with Crippen LogP contribution in [0.1, 0.15) is 11.1 Å². The Bertz CT molecular complexity index is 1260. The normalized spacial score (nSPS) is 11.6. The summed E-state index contributed by atoms with van der Waals surface area (Å²) in [6.07, 6.45) is -4.94. The summed E-state index contributed by atoms with van der Waals surface area (Å²) in [6, 6.07) is 11.4. The average Bonchev–Trinajstić information content (AvgIpc) is 2.77. The molecule has 0 heterocycles. The number of rotatable bonds is 7. The fourth-order valence-electron chi connectivity index (χ4n) is 3.10. The molecule has 3 aromatic rings. The number of hydrogen-bond donors (Lipinski definition) is 3. The second-order valence-corrected chi connectivity index (χ2v) is 8.06. The molecule has 0 saturated heterocycles. The van der Waals surface area contributed by atoms with Crippen LogP contribution in [0.15, 0.2) is 60.7 Å². The first-order chi connectivity index (χ1) is 16.8. The maximum atomic E-state index is 13.5. The van der Waals surface area contributed by atoms with Gasteiger partial charge in [0.05, 0.1) is 10.0 Å². The molecule has 0 aliphatic carbocycles. The van der Waals surface area contributed by atoms with Gasteiger partial charge in [-0.05, 0) is 23.8 Å². The highest BCUT2D eigenvalue weighted by Gasteiger charge is 2.40. The highest BCUT2D eigenvalue weighted by Crippen LogP contribution is 2.42. The van der Waals surface area contributed by atoms with E-state index in [1.807, 2.05) is 0 Å². The number of ether oxygens (including phenoxy) is 1. The van der Waals surface area contributed by atoms with E-state index in [9.17, 15) is 31.5 Å². The van der Waals surface area contributed by atoms with Gasteiger partial charge in [0.25, 0.3) is 0 Å². The average molecular weight is 549 g/mol. The van der Waals surface area contributed by atoms with Crippen LogP contribution in [0.2, 0.25) is 10.0 Å². The molecule has 0 unspecified atom stereocenters. The van der Waals surface area contributed by atoms with Crippen molar-refractivity contribution in [3.63, 3.8) is 0 Å². The SMILES string of the molecule is O=C(NCc1ccc(C(F)(F)C(=O)O)cc1)Nc1cc(Cl)c(-c2ccccc2OC(F)(F)F)c(Cl)c1. The van der Waals surface area contributed by atoms with Crippen LogP contribution in [0.4, 0.5) is 32.4 Å². The van der Waals surface area contributed by atoms with Crippen molar-refractivity contribution < 1.29 is 41.4 Å². The molecule has 0 fully saturated rings. The maximum absolute atomic E-state index is 13.5. The number of para-hydroxylation sites is 1. The van der Waals surface area contributed by atoms with Gasteiger partial charge in [0.2, 0.25) is 0 Å². The summed E-state index contributed by atoms with van der Waals surface area (Å²) in [4.78, 5) is 22.9. The standard InChI is InChI=1S/C23H15Cl2F5N2O4/c24-16-9-14(10-17(25)19(16)15-3-1-2-4-18(15)36-23(28,29)30)32-21(35)31-11-12-5-7-13(8-6-12)22(26,27)20(33)34/h1-10H,11H2,(H,33,34)(H2,31,32,35). The molecule has 190 valence electrons. The first-order valence-corrected chi connectivity index (χ1v) is 10.6. The summed E-state index contributed by atoms with van der Waals surface area (Å²) < 4.78 is 69.3. The van der Waals surface area contributed by atoms with E-state index in [4.69, 9.17) is 28.3 Å². The van der Waals surface area contributed by atoms with E-state index in [1.165, 1.54) is 42.5 Å². The molecule has 0 bridgehead atoms. The van der Waals surface area contributed by atoms with Gasteiger partial charge >= 0.3 is 24.3 Å². The monoisotopic (exact) mass is 548 g/mol. The van der Waals surface area contributed by atoms with Crippen LogP contribution in [0.25, 0.3) is 11.1 Å². The van der Waals surface area contributed by atoms with Gasteiger partial charge in [-0.15, -0.1) is 13.2 Å². The number of halogens is 7. The van der Waals surface area contributed by atoms with Gasteiger partial charge in [0, 0.05) is 28.9 Å². The number of carbonyl (C=O) groups excluding carboxylic acids is 1. The van der Waals surface area contributed by atoms with Gasteiger partial charge < -0.3 is 20.5 Å². The molecule has 3 aromatic carbocycles. The number of carboxylic acids is 1. The lowest BCUT2D eigenvalue weighted by Crippen LogP contribution is -2.28. The van der Waals surface area contributed by atoms with Gasteiger partial charge in [-0.1, -0.05) is 65.7 Å². The zero-order valence-corrected chi connectivity index (χ0v) is 19.3. The fourth-order valence-corrected chi connectivity index (χ4v) is 3.79. The number of anilines is 1. The lowest BCUT2D eigenvalue weighted by atomic mass is 10.0. The van der Waals surface area contributed by atoms with Gasteiger partial charge in [-0.3, -0.25) is 0 Å². The number of aliphatic carboxylic acids is 1. The van der Waals surface area contributed by atoms with Crippen LogP contribution in [0.5, 0.6) is 5.75 Å².